The summed E-state index contributed by atoms with van der Waals surface area (Å²) in [7, 11) is -1.98. The van der Waals surface area contributed by atoms with Gasteiger partial charge in [-0.15, -0.1) is 0 Å². The second-order valence-corrected chi connectivity index (χ2v) is 8.73. The fraction of sp³-hybridized carbons (Fsp3) is 0.389. The molecule has 1 fully saturated rings. The molecule has 9 nitrogen and oxygen atoms in total. The van der Waals surface area contributed by atoms with Crippen molar-refractivity contribution in [1.82, 2.24) is 14.3 Å². The molecule has 2 aromatic rings. The fourth-order valence-corrected chi connectivity index (χ4v) is 4.67. The number of aromatic hydroxyl groups is 1. The first-order chi connectivity index (χ1) is 13.3. The maximum atomic E-state index is 12.8. The molecule has 150 valence electrons. The number of aromatic amines is 2. The van der Waals surface area contributed by atoms with E-state index in [1.807, 2.05) is 4.98 Å². The molecule has 0 aliphatic heterocycles. The minimum absolute atomic E-state index is 0.0198. The van der Waals surface area contributed by atoms with Crippen LogP contribution in [-0.2, 0) is 10.0 Å². The zero-order valence-electron chi connectivity index (χ0n) is 15.4. The minimum atomic E-state index is -3.59. The summed E-state index contributed by atoms with van der Waals surface area (Å²) < 4.78 is 27.1. The van der Waals surface area contributed by atoms with Gasteiger partial charge in [-0.2, -0.15) is 4.31 Å². The number of hydrogen-bond donors (Lipinski definition) is 3. The highest BCUT2D eigenvalue weighted by Gasteiger charge is 2.28. The molecule has 1 aliphatic carbocycles. The Morgan fingerprint density at radius 1 is 1.11 bits per heavy atom. The molecule has 10 heteroatoms. The molecule has 0 radical (unpaired) electrons. The SMILES string of the molecule is CN(C1CCCCC1)S(=O)(=O)c1ccc(N=Cc2c(O)[nH]c(=O)[nH]c2=O)cc1. The van der Waals surface area contributed by atoms with Gasteiger partial charge < -0.3 is 5.11 Å². The third-order valence-electron chi connectivity index (χ3n) is 4.90. The third kappa shape index (κ3) is 4.23. The molecular weight excluding hydrogens is 384 g/mol. The first kappa shape index (κ1) is 20.0. The lowest BCUT2D eigenvalue weighted by Crippen LogP contribution is -2.38. The smallest absolute Gasteiger partial charge is 0.328 e. The largest absolute Gasteiger partial charge is 0.494 e. The molecule has 3 N–H and O–H groups in total. The van der Waals surface area contributed by atoms with Gasteiger partial charge in [0.2, 0.25) is 15.9 Å². The molecule has 1 aromatic carbocycles. The Morgan fingerprint density at radius 3 is 2.36 bits per heavy atom. The Kier molecular flexibility index (Phi) is 5.80. The van der Waals surface area contributed by atoms with Crippen LogP contribution in [0.3, 0.4) is 0 Å². The molecule has 0 bridgehead atoms. The topological polar surface area (TPSA) is 136 Å². The summed E-state index contributed by atoms with van der Waals surface area (Å²) in [5.41, 5.74) is -1.41. The monoisotopic (exact) mass is 406 g/mol. The summed E-state index contributed by atoms with van der Waals surface area (Å²) in [5, 5.41) is 9.63. The van der Waals surface area contributed by atoms with Crippen LogP contribution < -0.4 is 11.2 Å². The van der Waals surface area contributed by atoms with Crippen molar-refractivity contribution in [2.24, 2.45) is 4.99 Å². The average Bonchev–Trinajstić information content (AvgIpc) is 2.67. The van der Waals surface area contributed by atoms with E-state index in [9.17, 15) is 23.1 Å². The van der Waals surface area contributed by atoms with Crippen molar-refractivity contribution in [1.29, 1.82) is 0 Å². The lowest BCUT2D eigenvalue weighted by molar-refractivity contribution is 0.286. The number of aliphatic imine (C=N–C) groups is 1. The summed E-state index contributed by atoms with van der Waals surface area (Å²) in [4.78, 5) is 31.0. The van der Waals surface area contributed by atoms with Crippen molar-refractivity contribution < 1.29 is 13.5 Å². The number of nitrogens with zero attached hydrogens (tertiary/aromatic N) is 2. The van der Waals surface area contributed by atoms with Crippen molar-refractivity contribution >= 4 is 21.9 Å². The normalized spacial score (nSPS) is 16.1. The van der Waals surface area contributed by atoms with Crippen LogP contribution in [0.4, 0.5) is 5.69 Å². The third-order valence-corrected chi connectivity index (χ3v) is 6.83. The summed E-state index contributed by atoms with van der Waals surface area (Å²) in [6, 6.07) is 5.95. The highest BCUT2D eigenvalue weighted by Crippen LogP contribution is 2.27. The van der Waals surface area contributed by atoms with E-state index in [1.165, 1.54) is 28.6 Å². The number of hydrogen-bond acceptors (Lipinski definition) is 6. The van der Waals surface area contributed by atoms with Crippen LogP contribution in [0.2, 0.25) is 0 Å². The molecule has 0 amide bonds. The second-order valence-electron chi connectivity index (χ2n) is 6.74. The van der Waals surface area contributed by atoms with Crippen LogP contribution in [0.5, 0.6) is 5.88 Å². The maximum absolute atomic E-state index is 12.8. The summed E-state index contributed by atoms with van der Waals surface area (Å²) in [6.45, 7) is 0. The molecule has 1 aliphatic rings. The summed E-state index contributed by atoms with van der Waals surface area (Å²) >= 11 is 0. The number of H-pyrrole nitrogens is 2. The van der Waals surface area contributed by atoms with E-state index in [1.54, 1.807) is 7.05 Å². The Morgan fingerprint density at radius 2 is 1.75 bits per heavy atom. The number of benzene rings is 1. The molecule has 0 unspecified atom stereocenters. The van der Waals surface area contributed by atoms with Crippen molar-refractivity contribution in [2.75, 3.05) is 7.05 Å². The highest BCUT2D eigenvalue weighted by atomic mass is 32.2. The number of aromatic nitrogens is 2. The van der Waals surface area contributed by atoms with E-state index in [0.29, 0.717) is 5.69 Å². The minimum Gasteiger partial charge on any atom is -0.494 e. The molecule has 0 saturated heterocycles. The second kappa shape index (κ2) is 8.11. The van der Waals surface area contributed by atoms with Gasteiger partial charge >= 0.3 is 5.69 Å². The van der Waals surface area contributed by atoms with Crippen molar-refractivity contribution in [3.05, 3.63) is 50.7 Å². The van der Waals surface area contributed by atoms with E-state index in [2.05, 4.69) is 9.98 Å². The zero-order valence-corrected chi connectivity index (χ0v) is 16.2. The molecule has 0 atom stereocenters. The molecule has 0 spiro atoms. The van der Waals surface area contributed by atoms with Crippen LogP contribution in [-0.4, -0.2) is 47.1 Å². The number of nitrogens with one attached hydrogen (secondary N) is 2. The van der Waals surface area contributed by atoms with Crippen LogP contribution >= 0.6 is 0 Å². The maximum Gasteiger partial charge on any atom is 0.328 e. The molecule has 3 rings (SSSR count). The van der Waals surface area contributed by atoms with Gasteiger partial charge in [-0.3, -0.25) is 19.8 Å². The van der Waals surface area contributed by atoms with Gasteiger partial charge in [0.05, 0.1) is 10.6 Å². The van der Waals surface area contributed by atoms with Gasteiger partial charge in [-0.05, 0) is 37.1 Å². The van der Waals surface area contributed by atoms with Crippen molar-refractivity contribution in [2.45, 2.75) is 43.0 Å². The predicted octanol–water partition coefficient (Wildman–Crippen LogP) is 1.47. The Labute approximate surface area is 161 Å². The van der Waals surface area contributed by atoms with Gasteiger partial charge in [-0.25, -0.2) is 13.2 Å². The van der Waals surface area contributed by atoms with Crippen LogP contribution in [0.25, 0.3) is 0 Å². The van der Waals surface area contributed by atoms with E-state index in [-0.39, 0.29) is 16.5 Å². The average molecular weight is 406 g/mol. The summed E-state index contributed by atoms with van der Waals surface area (Å²) in [6.07, 6.45) is 6.06. The van der Waals surface area contributed by atoms with Gasteiger partial charge in [0.1, 0.15) is 5.56 Å². The quantitative estimate of drug-likeness (QED) is 0.646. The number of rotatable bonds is 5. The van der Waals surface area contributed by atoms with Gasteiger partial charge in [0, 0.05) is 19.3 Å². The van der Waals surface area contributed by atoms with E-state index >= 15 is 0 Å². The van der Waals surface area contributed by atoms with E-state index in [4.69, 9.17) is 0 Å². The van der Waals surface area contributed by atoms with Crippen LogP contribution in [0, 0.1) is 0 Å². The number of sulfonamides is 1. The van der Waals surface area contributed by atoms with Crippen LogP contribution in [0.15, 0.2) is 43.7 Å². The first-order valence-electron chi connectivity index (χ1n) is 8.97. The van der Waals surface area contributed by atoms with Crippen molar-refractivity contribution in [3.8, 4) is 5.88 Å². The predicted molar refractivity (Wildman–Crippen MR) is 105 cm³/mol. The standard InChI is InChI=1S/C18H22N4O5S/c1-22(13-5-3-2-4-6-13)28(26,27)14-9-7-12(8-10-14)19-11-15-16(23)20-18(25)21-17(15)24/h7-11,13H,2-6H2,1H3,(H3,20,21,23,24,25). The zero-order chi connectivity index (χ0) is 20.3. The Balaban J connectivity index is 1.80. The van der Waals surface area contributed by atoms with Gasteiger partial charge in [0.15, 0.2) is 0 Å². The molecule has 1 aromatic heterocycles. The Bertz CT molecular complexity index is 1080. The fourth-order valence-electron chi connectivity index (χ4n) is 3.25. The lowest BCUT2D eigenvalue weighted by atomic mass is 9.96. The highest BCUT2D eigenvalue weighted by molar-refractivity contribution is 7.89. The lowest BCUT2D eigenvalue weighted by Gasteiger charge is -2.30. The summed E-state index contributed by atoms with van der Waals surface area (Å²) in [5.74, 6) is -0.592. The molecular formula is C18H22N4O5S. The van der Waals surface area contributed by atoms with E-state index in [0.717, 1.165) is 38.3 Å². The van der Waals surface area contributed by atoms with E-state index < -0.39 is 27.2 Å². The first-order valence-corrected chi connectivity index (χ1v) is 10.4. The Hall–Kier alpha value is -2.72. The van der Waals surface area contributed by atoms with Gasteiger partial charge in [-0.1, -0.05) is 19.3 Å². The van der Waals surface area contributed by atoms with Crippen LogP contribution in [0.1, 0.15) is 37.7 Å². The molecule has 28 heavy (non-hydrogen) atoms. The molecule has 1 heterocycles. The van der Waals surface area contributed by atoms with Gasteiger partial charge in [0.25, 0.3) is 5.56 Å². The molecule has 1 saturated carbocycles. The van der Waals surface area contributed by atoms with Crippen molar-refractivity contribution in [3.63, 3.8) is 0 Å².